The molecule has 0 aliphatic rings. The smallest absolute Gasteiger partial charge is 0.335 e. The number of hydrogen-bond acceptors (Lipinski definition) is 10. The van der Waals surface area contributed by atoms with Gasteiger partial charge in [0.05, 0.1) is 20.3 Å². The molecule has 28 heavy (non-hydrogen) atoms. The van der Waals surface area contributed by atoms with E-state index < -0.39 is 36.0 Å². The number of carbonyl (C=O) groups excluding carboxylic acids is 1. The summed E-state index contributed by atoms with van der Waals surface area (Å²) < 4.78 is 62.3. The maximum absolute atomic E-state index is 12.4. The first kappa shape index (κ1) is 21.3. The fourth-order valence-corrected chi connectivity index (χ4v) is 4.20. The molecular formula is C13H16N6O7S2. The molecule has 0 spiro atoms. The molecule has 0 fully saturated rings. The van der Waals surface area contributed by atoms with E-state index in [9.17, 15) is 21.6 Å². The third-order valence-corrected chi connectivity index (χ3v) is 5.96. The third kappa shape index (κ3) is 4.81. The van der Waals surface area contributed by atoms with Crippen molar-refractivity contribution in [3.8, 4) is 11.8 Å². The van der Waals surface area contributed by atoms with Crippen LogP contribution in [-0.4, -0.2) is 59.1 Å². The molecule has 0 aliphatic heterocycles. The number of rotatable bonds is 7. The van der Waals surface area contributed by atoms with Crippen molar-refractivity contribution in [3.05, 3.63) is 24.4 Å². The lowest BCUT2D eigenvalue weighted by Gasteiger charge is -2.11. The summed E-state index contributed by atoms with van der Waals surface area (Å²) >= 11 is 0. The van der Waals surface area contributed by atoms with Gasteiger partial charge in [0.1, 0.15) is 4.90 Å². The fraction of sp³-hybridized carbons (Fsp3) is 0.231. The molecule has 0 bridgehead atoms. The Morgan fingerprint density at radius 3 is 2.18 bits per heavy atom. The van der Waals surface area contributed by atoms with Crippen LogP contribution in [0.5, 0.6) is 11.8 Å². The molecule has 0 aromatic carbocycles. The molecule has 2 rings (SSSR count). The Kier molecular flexibility index (Phi) is 6.32. The van der Waals surface area contributed by atoms with Crippen molar-refractivity contribution in [3.63, 3.8) is 0 Å². The van der Waals surface area contributed by atoms with Crippen LogP contribution in [0.15, 0.2) is 34.3 Å². The van der Waals surface area contributed by atoms with Crippen LogP contribution in [0.1, 0.15) is 0 Å². The van der Waals surface area contributed by atoms with Gasteiger partial charge in [0.2, 0.25) is 27.7 Å². The molecule has 3 N–H and O–H groups in total. The van der Waals surface area contributed by atoms with E-state index in [4.69, 9.17) is 9.47 Å². The van der Waals surface area contributed by atoms with Crippen molar-refractivity contribution in [2.24, 2.45) is 0 Å². The quantitative estimate of drug-likeness (QED) is 0.507. The number of hydrogen-bond donors (Lipinski definition) is 3. The predicted octanol–water partition coefficient (Wildman–Crippen LogP) is -0.693. The molecule has 0 aliphatic carbocycles. The maximum atomic E-state index is 12.4. The van der Waals surface area contributed by atoms with Crippen molar-refractivity contribution in [2.45, 2.75) is 9.92 Å². The highest BCUT2D eigenvalue weighted by atomic mass is 32.2. The van der Waals surface area contributed by atoms with Gasteiger partial charge in [-0.15, -0.1) is 0 Å². The van der Waals surface area contributed by atoms with Crippen LogP contribution >= 0.6 is 0 Å². The van der Waals surface area contributed by atoms with Crippen LogP contribution < -0.4 is 24.2 Å². The van der Waals surface area contributed by atoms with E-state index in [1.807, 2.05) is 4.72 Å². The summed E-state index contributed by atoms with van der Waals surface area (Å²) in [4.78, 5) is 22.6. The molecule has 13 nitrogen and oxygen atoms in total. The number of pyridine rings is 1. The van der Waals surface area contributed by atoms with Crippen LogP contribution in [0, 0.1) is 0 Å². The number of carbonyl (C=O) groups is 1. The summed E-state index contributed by atoms with van der Waals surface area (Å²) in [7, 11) is -5.05. The van der Waals surface area contributed by atoms with Crippen molar-refractivity contribution < 1.29 is 31.1 Å². The lowest BCUT2D eigenvalue weighted by atomic mass is 10.5. The van der Waals surface area contributed by atoms with Crippen LogP contribution in [0.3, 0.4) is 0 Å². The number of ether oxygens (including phenoxy) is 2. The number of anilines is 1. The fourth-order valence-electron chi connectivity index (χ4n) is 1.86. The number of nitrogens with zero attached hydrogens (tertiary/aromatic N) is 3. The SMILES string of the molecule is CNS(=O)(=O)c1cccnc1S(=O)(=O)NC(=O)Nc1nc(OC)cc(OC)n1. The molecule has 2 aromatic heterocycles. The second-order valence-electron chi connectivity index (χ2n) is 4.85. The highest BCUT2D eigenvalue weighted by molar-refractivity contribution is 7.92. The molecule has 2 aromatic rings. The summed E-state index contributed by atoms with van der Waals surface area (Å²) in [6, 6.07) is 2.35. The zero-order valence-electron chi connectivity index (χ0n) is 14.8. The van der Waals surface area contributed by atoms with E-state index in [0.29, 0.717) is 0 Å². The largest absolute Gasteiger partial charge is 0.481 e. The summed E-state index contributed by atoms with van der Waals surface area (Å²) in [5.74, 6) is -0.206. The Balaban J connectivity index is 2.30. The number of nitrogens with one attached hydrogen (secondary N) is 3. The summed E-state index contributed by atoms with van der Waals surface area (Å²) in [6.07, 6.45) is 1.07. The van der Waals surface area contributed by atoms with E-state index in [2.05, 4.69) is 20.3 Å². The van der Waals surface area contributed by atoms with E-state index in [-0.39, 0.29) is 17.7 Å². The first-order valence-corrected chi connectivity index (χ1v) is 10.3. The van der Waals surface area contributed by atoms with Gasteiger partial charge in [0.15, 0.2) is 5.03 Å². The molecule has 0 radical (unpaired) electrons. The summed E-state index contributed by atoms with van der Waals surface area (Å²) in [5.41, 5.74) is 0. The molecular weight excluding hydrogens is 416 g/mol. The standard InChI is InChI=1S/C13H16N6O7S2/c1-14-27(21,22)8-5-4-6-15-11(8)28(23,24)19-13(20)18-12-16-9(25-2)7-10(17-12)26-3/h4-7,14H,1-3H3,(H2,16,17,18,19,20). The molecule has 152 valence electrons. The predicted molar refractivity (Wildman–Crippen MR) is 95.0 cm³/mol. The average molecular weight is 432 g/mol. The van der Waals surface area contributed by atoms with Gasteiger partial charge in [-0.3, -0.25) is 5.32 Å². The zero-order chi connectivity index (χ0) is 20.9. The Morgan fingerprint density at radius 1 is 1.04 bits per heavy atom. The Labute approximate surface area is 160 Å². The van der Waals surface area contributed by atoms with Gasteiger partial charge in [0.25, 0.3) is 10.0 Å². The number of amides is 2. The molecule has 0 saturated carbocycles. The number of methoxy groups -OCH3 is 2. The van der Waals surface area contributed by atoms with Gasteiger partial charge < -0.3 is 9.47 Å². The monoisotopic (exact) mass is 432 g/mol. The minimum absolute atomic E-state index is 0.0529. The molecule has 15 heteroatoms. The van der Waals surface area contributed by atoms with Crippen molar-refractivity contribution in [1.29, 1.82) is 0 Å². The molecule has 0 unspecified atom stereocenters. The van der Waals surface area contributed by atoms with Gasteiger partial charge in [-0.2, -0.15) is 18.4 Å². The van der Waals surface area contributed by atoms with Crippen molar-refractivity contribution in [1.82, 2.24) is 24.4 Å². The molecule has 0 atom stereocenters. The minimum Gasteiger partial charge on any atom is -0.481 e. The first-order chi connectivity index (χ1) is 13.1. The zero-order valence-corrected chi connectivity index (χ0v) is 16.5. The Morgan fingerprint density at radius 2 is 1.64 bits per heavy atom. The van der Waals surface area contributed by atoms with Gasteiger partial charge in [-0.05, 0) is 19.2 Å². The van der Waals surface area contributed by atoms with E-state index in [1.165, 1.54) is 26.4 Å². The van der Waals surface area contributed by atoms with Crippen LogP contribution in [-0.2, 0) is 20.0 Å². The lowest BCUT2D eigenvalue weighted by Crippen LogP contribution is -2.36. The summed E-state index contributed by atoms with van der Waals surface area (Å²) in [6.45, 7) is 0. The molecule has 2 amide bonds. The van der Waals surface area contributed by atoms with E-state index in [1.54, 1.807) is 4.72 Å². The number of sulfonamides is 2. The van der Waals surface area contributed by atoms with Crippen LogP contribution in [0.4, 0.5) is 10.7 Å². The second-order valence-corrected chi connectivity index (χ2v) is 8.30. The Hall–Kier alpha value is -3.04. The second kappa shape index (κ2) is 8.32. The van der Waals surface area contributed by atoms with Gasteiger partial charge in [-0.1, -0.05) is 0 Å². The minimum atomic E-state index is -4.65. The van der Waals surface area contributed by atoms with E-state index >= 15 is 0 Å². The van der Waals surface area contributed by atoms with Crippen molar-refractivity contribution in [2.75, 3.05) is 26.6 Å². The van der Waals surface area contributed by atoms with Crippen LogP contribution in [0.2, 0.25) is 0 Å². The molecule has 2 heterocycles. The number of aromatic nitrogens is 3. The van der Waals surface area contributed by atoms with Gasteiger partial charge in [-0.25, -0.2) is 27.6 Å². The lowest BCUT2D eigenvalue weighted by molar-refractivity contribution is 0.256. The topological polar surface area (TPSA) is 179 Å². The summed E-state index contributed by atoms with van der Waals surface area (Å²) in [5, 5.41) is 1.23. The third-order valence-electron chi connectivity index (χ3n) is 3.10. The van der Waals surface area contributed by atoms with E-state index in [0.717, 1.165) is 19.3 Å². The number of urea groups is 1. The van der Waals surface area contributed by atoms with Gasteiger partial charge >= 0.3 is 6.03 Å². The highest BCUT2D eigenvalue weighted by Crippen LogP contribution is 2.19. The molecule has 0 saturated heterocycles. The average Bonchev–Trinajstić information content (AvgIpc) is 2.67. The highest BCUT2D eigenvalue weighted by Gasteiger charge is 2.28. The first-order valence-electron chi connectivity index (χ1n) is 7.32. The van der Waals surface area contributed by atoms with Crippen molar-refractivity contribution >= 4 is 32.0 Å². The normalized spacial score (nSPS) is 11.5. The van der Waals surface area contributed by atoms with Gasteiger partial charge in [0, 0.05) is 6.20 Å². The Bertz CT molecular complexity index is 1070. The van der Waals surface area contributed by atoms with Crippen LogP contribution in [0.25, 0.3) is 0 Å². The maximum Gasteiger partial charge on any atom is 0.335 e.